The van der Waals surface area contributed by atoms with Crippen LogP contribution in [0.2, 0.25) is 0 Å². The van der Waals surface area contributed by atoms with Gasteiger partial charge in [0, 0.05) is 24.2 Å². The van der Waals surface area contributed by atoms with Crippen LogP contribution in [0.4, 0.5) is 0 Å². The largest absolute Gasteiger partial charge is 0.308 e. The molecule has 0 unspecified atom stereocenters. The van der Waals surface area contributed by atoms with Crippen molar-refractivity contribution in [1.29, 1.82) is 0 Å². The third kappa shape index (κ3) is 2.27. The first-order chi connectivity index (χ1) is 9.83. The number of aromatic nitrogens is 2. The highest BCUT2D eigenvalue weighted by Crippen LogP contribution is 2.55. The van der Waals surface area contributed by atoms with Gasteiger partial charge in [-0.25, -0.2) is 4.98 Å². The van der Waals surface area contributed by atoms with E-state index >= 15 is 0 Å². The fourth-order valence-electron chi connectivity index (χ4n) is 3.46. The average molecular weight is 285 g/mol. The van der Waals surface area contributed by atoms with Crippen molar-refractivity contribution in [2.24, 2.45) is 5.41 Å². The Bertz CT molecular complexity index is 581. The summed E-state index contributed by atoms with van der Waals surface area (Å²) in [6.07, 6.45) is 8.96. The van der Waals surface area contributed by atoms with Crippen molar-refractivity contribution >= 4 is 11.3 Å². The minimum atomic E-state index is 0.718. The van der Waals surface area contributed by atoms with Crippen molar-refractivity contribution in [3.05, 3.63) is 35.5 Å². The second-order valence-electron chi connectivity index (χ2n) is 6.20. The van der Waals surface area contributed by atoms with E-state index in [0.29, 0.717) is 0 Å². The summed E-state index contributed by atoms with van der Waals surface area (Å²) in [5.74, 6) is 0. The normalized spacial score (nSPS) is 20.6. The molecule has 0 atom stereocenters. The minimum Gasteiger partial charge on any atom is -0.308 e. The summed E-state index contributed by atoms with van der Waals surface area (Å²) in [6.45, 7) is 0.893. The maximum absolute atomic E-state index is 4.67. The van der Waals surface area contributed by atoms with E-state index in [1.807, 2.05) is 24.4 Å². The minimum absolute atomic E-state index is 0.718. The summed E-state index contributed by atoms with van der Waals surface area (Å²) in [5.41, 5.74) is 2.87. The third-order valence-corrected chi connectivity index (χ3v) is 5.69. The zero-order valence-electron chi connectivity index (χ0n) is 11.5. The summed E-state index contributed by atoms with van der Waals surface area (Å²) in [7, 11) is 0. The Morgan fingerprint density at radius 2 is 2.20 bits per heavy atom. The Morgan fingerprint density at radius 1 is 1.30 bits per heavy atom. The van der Waals surface area contributed by atoms with Crippen LogP contribution in [0.25, 0.3) is 10.7 Å². The van der Waals surface area contributed by atoms with E-state index in [1.54, 1.807) is 11.3 Å². The van der Waals surface area contributed by atoms with Crippen molar-refractivity contribution < 1.29 is 0 Å². The molecule has 0 amide bonds. The number of nitrogens with zero attached hydrogens (tertiary/aromatic N) is 2. The third-order valence-electron chi connectivity index (χ3n) is 4.78. The number of hydrogen-bond acceptors (Lipinski definition) is 4. The Hall–Kier alpha value is -1.26. The fourth-order valence-corrected chi connectivity index (χ4v) is 4.25. The van der Waals surface area contributed by atoms with Crippen LogP contribution in [0.15, 0.2) is 29.8 Å². The van der Waals surface area contributed by atoms with Crippen LogP contribution >= 0.6 is 11.3 Å². The molecule has 2 fully saturated rings. The van der Waals surface area contributed by atoms with E-state index in [1.165, 1.54) is 32.1 Å². The van der Waals surface area contributed by atoms with E-state index in [4.69, 9.17) is 0 Å². The van der Waals surface area contributed by atoms with E-state index in [9.17, 15) is 0 Å². The van der Waals surface area contributed by atoms with E-state index in [0.717, 1.165) is 34.4 Å². The smallest absolute Gasteiger partial charge is 0.142 e. The van der Waals surface area contributed by atoms with Gasteiger partial charge in [-0.05, 0) is 43.2 Å². The molecule has 2 heterocycles. The number of hydrogen-bond donors (Lipinski definition) is 1. The summed E-state index contributed by atoms with van der Waals surface area (Å²) >= 11 is 1.68. The monoisotopic (exact) mass is 285 g/mol. The molecule has 4 heteroatoms. The quantitative estimate of drug-likeness (QED) is 0.932. The topological polar surface area (TPSA) is 37.8 Å². The van der Waals surface area contributed by atoms with Crippen molar-refractivity contribution in [3.63, 3.8) is 0 Å². The van der Waals surface area contributed by atoms with Gasteiger partial charge in [0.1, 0.15) is 5.01 Å². The molecule has 0 aliphatic heterocycles. The van der Waals surface area contributed by atoms with Gasteiger partial charge < -0.3 is 5.32 Å². The SMILES string of the molecule is c1ccc(-c2nc(CNC3CC4(CCC4)C3)cs2)nc1. The van der Waals surface area contributed by atoms with Crippen molar-refractivity contribution in [2.75, 3.05) is 0 Å². The molecule has 2 saturated carbocycles. The summed E-state index contributed by atoms with van der Waals surface area (Å²) in [4.78, 5) is 9.02. The van der Waals surface area contributed by atoms with Crippen LogP contribution in [0.5, 0.6) is 0 Å². The highest BCUT2D eigenvalue weighted by atomic mass is 32.1. The molecule has 0 bridgehead atoms. The van der Waals surface area contributed by atoms with E-state index in [-0.39, 0.29) is 0 Å². The van der Waals surface area contributed by atoms with Gasteiger partial charge in [0.15, 0.2) is 0 Å². The first-order valence-electron chi connectivity index (χ1n) is 7.42. The molecular formula is C16H19N3S. The van der Waals surface area contributed by atoms with Crippen LogP contribution < -0.4 is 5.32 Å². The summed E-state index contributed by atoms with van der Waals surface area (Å²) in [5, 5.41) is 6.81. The van der Waals surface area contributed by atoms with Crippen LogP contribution in [-0.4, -0.2) is 16.0 Å². The zero-order valence-corrected chi connectivity index (χ0v) is 12.3. The highest BCUT2D eigenvalue weighted by Gasteiger charge is 2.47. The number of pyridine rings is 1. The summed E-state index contributed by atoms with van der Waals surface area (Å²) in [6, 6.07) is 6.68. The predicted molar refractivity (Wildman–Crippen MR) is 81.5 cm³/mol. The lowest BCUT2D eigenvalue weighted by molar-refractivity contribution is -0.00273. The van der Waals surface area contributed by atoms with E-state index in [2.05, 4.69) is 20.7 Å². The molecule has 4 rings (SSSR count). The number of rotatable bonds is 4. The molecule has 104 valence electrons. The Labute approximate surface area is 123 Å². The van der Waals surface area contributed by atoms with E-state index < -0.39 is 0 Å². The van der Waals surface area contributed by atoms with Gasteiger partial charge in [0.25, 0.3) is 0 Å². The Balaban J connectivity index is 1.33. The second kappa shape index (κ2) is 4.93. The predicted octanol–water partition coefficient (Wildman–Crippen LogP) is 3.63. The van der Waals surface area contributed by atoms with Crippen LogP contribution in [0.1, 0.15) is 37.8 Å². The van der Waals surface area contributed by atoms with Gasteiger partial charge in [0.2, 0.25) is 0 Å². The second-order valence-corrected chi connectivity index (χ2v) is 7.06. The van der Waals surface area contributed by atoms with Crippen molar-refractivity contribution in [3.8, 4) is 10.7 Å². The molecule has 1 spiro atoms. The Kier molecular flexibility index (Phi) is 3.08. The van der Waals surface area contributed by atoms with Gasteiger partial charge >= 0.3 is 0 Å². The maximum atomic E-state index is 4.67. The zero-order chi connectivity index (χ0) is 13.4. The van der Waals surface area contributed by atoms with Crippen molar-refractivity contribution in [2.45, 2.75) is 44.7 Å². The molecule has 0 aromatic carbocycles. The fraction of sp³-hybridized carbons (Fsp3) is 0.500. The highest BCUT2D eigenvalue weighted by molar-refractivity contribution is 7.13. The van der Waals surface area contributed by atoms with Gasteiger partial charge in [-0.2, -0.15) is 0 Å². The van der Waals surface area contributed by atoms with Crippen molar-refractivity contribution in [1.82, 2.24) is 15.3 Å². The molecule has 20 heavy (non-hydrogen) atoms. The maximum Gasteiger partial charge on any atom is 0.142 e. The molecular weight excluding hydrogens is 266 g/mol. The molecule has 2 aromatic rings. The molecule has 2 aromatic heterocycles. The number of thiazole rings is 1. The molecule has 3 nitrogen and oxygen atoms in total. The molecule has 0 radical (unpaired) electrons. The van der Waals surface area contributed by atoms with Gasteiger partial charge in [-0.3, -0.25) is 4.98 Å². The lowest BCUT2D eigenvalue weighted by Crippen LogP contribution is -2.51. The van der Waals surface area contributed by atoms with Crippen LogP contribution in [0.3, 0.4) is 0 Å². The number of nitrogens with one attached hydrogen (secondary N) is 1. The van der Waals surface area contributed by atoms with Gasteiger partial charge in [0.05, 0.1) is 11.4 Å². The standard InChI is InChI=1S/C16H19N3S/c1-2-7-17-14(4-1)15-19-13(11-20-15)10-18-12-8-16(9-12)5-3-6-16/h1-2,4,7,11-12,18H,3,5-6,8-10H2. The molecule has 2 aliphatic rings. The lowest BCUT2D eigenvalue weighted by Gasteiger charge is -2.54. The average Bonchev–Trinajstić information content (AvgIpc) is 2.85. The molecule has 0 saturated heterocycles. The van der Waals surface area contributed by atoms with Crippen LogP contribution in [-0.2, 0) is 6.54 Å². The lowest BCUT2D eigenvalue weighted by atomic mass is 9.54. The Morgan fingerprint density at radius 3 is 2.90 bits per heavy atom. The first kappa shape index (κ1) is 12.5. The summed E-state index contributed by atoms with van der Waals surface area (Å²) < 4.78 is 0. The first-order valence-corrected chi connectivity index (χ1v) is 8.30. The molecule has 2 aliphatic carbocycles. The molecule has 1 N–H and O–H groups in total. The van der Waals surface area contributed by atoms with Gasteiger partial charge in [-0.1, -0.05) is 12.5 Å². The van der Waals surface area contributed by atoms with Gasteiger partial charge in [-0.15, -0.1) is 11.3 Å². The van der Waals surface area contributed by atoms with Crippen LogP contribution in [0, 0.1) is 5.41 Å².